The topological polar surface area (TPSA) is 58.6 Å². The third kappa shape index (κ3) is 3.19. The fraction of sp³-hybridized carbons (Fsp3) is 0.333. The molecule has 1 atom stereocenters. The Morgan fingerprint density at radius 2 is 2.00 bits per heavy atom. The highest BCUT2D eigenvalue weighted by Crippen LogP contribution is 2.34. The van der Waals surface area contributed by atoms with Gasteiger partial charge < -0.3 is 10.1 Å². The van der Waals surface area contributed by atoms with E-state index in [0.29, 0.717) is 18.2 Å². The Morgan fingerprint density at radius 1 is 1.22 bits per heavy atom. The van der Waals surface area contributed by atoms with Crippen molar-refractivity contribution in [2.24, 2.45) is 0 Å². The molecule has 2 aliphatic rings. The fourth-order valence-corrected chi connectivity index (χ4v) is 3.15. The summed E-state index contributed by atoms with van der Waals surface area (Å²) >= 11 is 18.0. The van der Waals surface area contributed by atoms with E-state index < -0.39 is 11.8 Å². The summed E-state index contributed by atoms with van der Waals surface area (Å²) in [4.78, 5) is 25.8. The zero-order chi connectivity index (χ0) is 16.6. The van der Waals surface area contributed by atoms with Gasteiger partial charge >= 0.3 is 0 Å². The van der Waals surface area contributed by atoms with Crippen LogP contribution in [0.2, 0.25) is 10.0 Å². The number of carbonyl (C=O) groups excluding carboxylic acids is 2. The second kappa shape index (κ2) is 6.69. The van der Waals surface area contributed by atoms with Gasteiger partial charge in [0.1, 0.15) is 10.7 Å². The van der Waals surface area contributed by atoms with E-state index in [4.69, 9.17) is 39.5 Å². The number of hydrogen-bond donors (Lipinski definition) is 1. The van der Waals surface area contributed by atoms with Crippen LogP contribution in [0.25, 0.3) is 0 Å². The lowest BCUT2D eigenvalue weighted by Gasteiger charge is -2.17. The number of halogens is 3. The van der Waals surface area contributed by atoms with Gasteiger partial charge in [-0.1, -0.05) is 34.8 Å². The Bertz CT molecular complexity index is 699. The van der Waals surface area contributed by atoms with Crippen LogP contribution >= 0.6 is 34.8 Å². The minimum absolute atomic E-state index is 0.0127. The molecule has 0 spiro atoms. The van der Waals surface area contributed by atoms with Gasteiger partial charge in [-0.2, -0.15) is 0 Å². The minimum Gasteiger partial charge on any atom is -0.377 e. The summed E-state index contributed by atoms with van der Waals surface area (Å²) in [7, 11) is 0. The van der Waals surface area contributed by atoms with Crippen LogP contribution in [-0.2, 0) is 14.3 Å². The summed E-state index contributed by atoms with van der Waals surface area (Å²) in [5, 5.41) is 3.36. The molecular weight excluding hydrogens is 363 g/mol. The molecule has 0 radical (unpaired) electrons. The van der Waals surface area contributed by atoms with Gasteiger partial charge in [0.05, 0.1) is 16.8 Å². The van der Waals surface area contributed by atoms with E-state index in [9.17, 15) is 9.59 Å². The molecular formula is C15H13Cl3N2O3. The van der Waals surface area contributed by atoms with Gasteiger partial charge in [0.2, 0.25) is 0 Å². The number of nitrogens with one attached hydrogen (secondary N) is 1. The van der Waals surface area contributed by atoms with Gasteiger partial charge in [0, 0.05) is 18.2 Å². The third-order valence-corrected chi connectivity index (χ3v) is 4.61. The highest BCUT2D eigenvalue weighted by molar-refractivity contribution is 6.53. The normalized spacial score (nSPS) is 21.5. The molecule has 8 heteroatoms. The number of amides is 2. The molecule has 5 nitrogen and oxygen atoms in total. The largest absolute Gasteiger partial charge is 0.377 e. The van der Waals surface area contributed by atoms with Crippen molar-refractivity contribution >= 4 is 52.3 Å². The molecule has 3 rings (SSSR count). The molecule has 2 amide bonds. The monoisotopic (exact) mass is 374 g/mol. The molecule has 1 aromatic rings. The zero-order valence-electron chi connectivity index (χ0n) is 11.9. The van der Waals surface area contributed by atoms with Crippen molar-refractivity contribution in [1.82, 2.24) is 5.32 Å². The molecule has 0 saturated carbocycles. The maximum Gasteiger partial charge on any atom is 0.283 e. The maximum absolute atomic E-state index is 12.6. The zero-order valence-corrected chi connectivity index (χ0v) is 14.2. The van der Waals surface area contributed by atoms with Crippen molar-refractivity contribution in [1.29, 1.82) is 0 Å². The number of hydrogen-bond acceptors (Lipinski definition) is 4. The summed E-state index contributed by atoms with van der Waals surface area (Å²) in [5.74, 6) is -1.18. The number of anilines is 1. The van der Waals surface area contributed by atoms with Crippen LogP contribution in [0.3, 0.4) is 0 Å². The summed E-state index contributed by atoms with van der Waals surface area (Å²) in [5.41, 5.74) is 0.268. The second-order valence-corrected chi connectivity index (χ2v) is 6.47. The summed E-state index contributed by atoms with van der Waals surface area (Å²) in [6.07, 6.45) is 1.90. The molecule has 1 saturated heterocycles. The number of nitrogens with zero attached hydrogens (tertiary/aromatic N) is 1. The van der Waals surface area contributed by atoms with E-state index in [2.05, 4.69) is 5.32 Å². The van der Waals surface area contributed by atoms with Gasteiger partial charge in [-0.25, -0.2) is 4.90 Å². The third-order valence-electron chi connectivity index (χ3n) is 3.71. The molecule has 1 fully saturated rings. The molecule has 122 valence electrons. The molecule has 0 aliphatic carbocycles. The van der Waals surface area contributed by atoms with Crippen LogP contribution in [0.15, 0.2) is 28.9 Å². The summed E-state index contributed by atoms with van der Waals surface area (Å²) in [6.45, 7) is 1.12. The van der Waals surface area contributed by atoms with Gasteiger partial charge in [0.15, 0.2) is 0 Å². The van der Waals surface area contributed by atoms with Crippen LogP contribution in [0, 0.1) is 0 Å². The lowest BCUT2D eigenvalue weighted by atomic mass is 10.2. The van der Waals surface area contributed by atoms with Crippen molar-refractivity contribution in [3.63, 3.8) is 0 Å². The quantitative estimate of drug-likeness (QED) is 0.822. The van der Waals surface area contributed by atoms with E-state index in [-0.39, 0.29) is 27.5 Å². The Labute approximate surface area is 148 Å². The van der Waals surface area contributed by atoms with Crippen LogP contribution in [-0.4, -0.2) is 31.1 Å². The first-order valence-corrected chi connectivity index (χ1v) is 8.21. The molecule has 23 heavy (non-hydrogen) atoms. The van der Waals surface area contributed by atoms with E-state index in [1.54, 1.807) is 6.07 Å². The van der Waals surface area contributed by atoms with E-state index in [0.717, 1.165) is 17.7 Å². The van der Waals surface area contributed by atoms with Gasteiger partial charge in [-0.05, 0) is 31.0 Å². The lowest BCUT2D eigenvalue weighted by Crippen LogP contribution is -2.35. The number of carbonyl (C=O) groups is 2. The molecule has 0 bridgehead atoms. The maximum atomic E-state index is 12.6. The molecule has 1 N–H and O–H groups in total. The first-order valence-electron chi connectivity index (χ1n) is 7.08. The number of rotatable bonds is 4. The molecule has 2 aliphatic heterocycles. The van der Waals surface area contributed by atoms with Gasteiger partial charge in [-0.3, -0.25) is 9.59 Å². The average Bonchev–Trinajstić information content (AvgIpc) is 3.10. The van der Waals surface area contributed by atoms with Gasteiger partial charge in [0.25, 0.3) is 11.8 Å². The van der Waals surface area contributed by atoms with Crippen molar-refractivity contribution in [3.05, 3.63) is 39.0 Å². The van der Waals surface area contributed by atoms with Crippen molar-refractivity contribution in [2.75, 3.05) is 18.1 Å². The Kier molecular flexibility index (Phi) is 4.82. The number of ether oxygens (including phenoxy) is 1. The Balaban J connectivity index is 1.82. The van der Waals surface area contributed by atoms with Crippen LogP contribution in [0.5, 0.6) is 0 Å². The van der Waals surface area contributed by atoms with Crippen molar-refractivity contribution in [3.8, 4) is 0 Å². The first-order chi connectivity index (χ1) is 11.0. The molecule has 1 aromatic carbocycles. The van der Waals surface area contributed by atoms with E-state index in [1.807, 2.05) is 0 Å². The average molecular weight is 376 g/mol. The van der Waals surface area contributed by atoms with E-state index >= 15 is 0 Å². The van der Waals surface area contributed by atoms with Crippen molar-refractivity contribution in [2.45, 2.75) is 18.9 Å². The highest BCUT2D eigenvalue weighted by atomic mass is 35.5. The standard InChI is InChI=1S/C15H13Cl3N2O3/c16-8-3-4-10(17)11(6-8)20-14(21)12(18)13(15(20)22)19-7-9-2-1-5-23-9/h3-4,6,9,19H,1-2,5,7H2/t9-/m0/s1. The number of benzene rings is 1. The second-order valence-electron chi connectivity index (χ2n) is 5.25. The molecule has 0 aromatic heterocycles. The Morgan fingerprint density at radius 3 is 2.70 bits per heavy atom. The van der Waals surface area contributed by atoms with Crippen molar-refractivity contribution < 1.29 is 14.3 Å². The predicted octanol–water partition coefficient (Wildman–Crippen LogP) is 3.09. The SMILES string of the molecule is O=C1C(Cl)=C(NC[C@@H]2CCCO2)C(=O)N1c1cc(Cl)ccc1Cl. The fourth-order valence-electron chi connectivity index (χ4n) is 2.55. The highest BCUT2D eigenvalue weighted by Gasteiger charge is 2.40. The summed E-state index contributed by atoms with van der Waals surface area (Å²) < 4.78 is 5.48. The summed E-state index contributed by atoms with van der Waals surface area (Å²) in [6, 6.07) is 4.54. The van der Waals surface area contributed by atoms with Gasteiger partial charge in [-0.15, -0.1) is 0 Å². The van der Waals surface area contributed by atoms with Crippen LogP contribution in [0.4, 0.5) is 5.69 Å². The van der Waals surface area contributed by atoms with Crippen LogP contribution < -0.4 is 10.2 Å². The first kappa shape index (κ1) is 16.6. The predicted molar refractivity (Wildman–Crippen MR) is 88.8 cm³/mol. The molecule has 0 unspecified atom stereocenters. The van der Waals surface area contributed by atoms with E-state index in [1.165, 1.54) is 12.1 Å². The molecule has 2 heterocycles. The smallest absolute Gasteiger partial charge is 0.283 e. The minimum atomic E-state index is -0.629. The van der Waals surface area contributed by atoms with Crippen LogP contribution in [0.1, 0.15) is 12.8 Å². The Hall–Kier alpha value is -1.27. The lowest BCUT2D eigenvalue weighted by molar-refractivity contribution is -0.120. The number of imide groups is 1.